The molecular weight excluding hydrogens is 398 g/mol. The van der Waals surface area contributed by atoms with E-state index < -0.39 is 22.9 Å². The fourth-order valence-electron chi connectivity index (χ4n) is 3.78. The second-order valence-electron chi connectivity index (χ2n) is 7.66. The van der Waals surface area contributed by atoms with E-state index in [9.17, 15) is 24.6 Å². The number of aliphatic hydroxyl groups excluding tert-OH is 1. The van der Waals surface area contributed by atoms with Gasteiger partial charge in [0.25, 0.3) is 16.8 Å². The molecule has 160 valence electrons. The molecule has 1 aliphatic carbocycles. The molecule has 1 aliphatic rings. The molecule has 31 heavy (non-hydrogen) atoms. The molecule has 0 bridgehead atoms. The van der Waals surface area contributed by atoms with Gasteiger partial charge in [-0.05, 0) is 37.1 Å². The van der Waals surface area contributed by atoms with E-state index in [-0.39, 0.29) is 34.4 Å². The molecule has 0 unspecified atom stereocenters. The molecule has 0 heterocycles. The van der Waals surface area contributed by atoms with Crippen molar-refractivity contribution < 1.29 is 15.0 Å². The molecule has 0 saturated heterocycles. The fourth-order valence-corrected chi connectivity index (χ4v) is 3.78. The monoisotopic (exact) mass is 421 g/mol. The van der Waals surface area contributed by atoms with Crippen LogP contribution in [0.15, 0.2) is 58.1 Å². The maximum atomic E-state index is 12.7. The van der Waals surface area contributed by atoms with Gasteiger partial charge in [-0.15, -0.1) is 0 Å². The van der Waals surface area contributed by atoms with E-state index in [1.54, 1.807) is 30.3 Å². The number of aliphatic hydroxyl groups is 1. The Bertz CT molecular complexity index is 1170. The lowest BCUT2D eigenvalue weighted by Crippen LogP contribution is -2.45. The van der Waals surface area contributed by atoms with Gasteiger partial charge in [0, 0.05) is 5.69 Å². The number of aromatic hydroxyl groups is 1. The van der Waals surface area contributed by atoms with Crippen molar-refractivity contribution in [3.63, 3.8) is 0 Å². The third-order valence-corrected chi connectivity index (χ3v) is 5.54. The summed E-state index contributed by atoms with van der Waals surface area (Å²) in [7, 11) is 0. The number of nitrogens with one attached hydrogen (secondary N) is 3. The molecule has 8 heteroatoms. The summed E-state index contributed by atoms with van der Waals surface area (Å²) in [5, 5.41) is 29.2. The van der Waals surface area contributed by atoms with Crippen molar-refractivity contribution in [1.82, 2.24) is 5.32 Å². The van der Waals surface area contributed by atoms with Crippen LogP contribution in [0.2, 0.25) is 0 Å². The Labute approximate surface area is 178 Å². The van der Waals surface area contributed by atoms with Gasteiger partial charge in [-0.1, -0.05) is 37.1 Å². The molecule has 0 aliphatic heterocycles. The largest absolute Gasteiger partial charge is 0.505 e. The minimum atomic E-state index is -0.710. The first-order chi connectivity index (χ1) is 15.0. The lowest BCUT2D eigenvalue weighted by Gasteiger charge is -2.28. The van der Waals surface area contributed by atoms with E-state index in [1.807, 2.05) is 6.07 Å². The van der Waals surface area contributed by atoms with Gasteiger partial charge in [-0.2, -0.15) is 0 Å². The Morgan fingerprint density at radius 2 is 1.55 bits per heavy atom. The van der Waals surface area contributed by atoms with Gasteiger partial charge in [0.1, 0.15) is 11.4 Å². The number of hydrogen-bond acceptors (Lipinski definition) is 7. The zero-order chi connectivity index (χ0) is 22.0. The van der Waals surface area contributed by atoms with Crippen LogP contribution in [0.5, 0.6) is 5.75 Å². The molecule has 4 rings (SSSR count). The zero-order valence-corrected chi connectivity index (χ0v) is 16.7. The molecule has 3 aromatic carbocycles. The number of carbonyl (C=O) groups is 1. The highest BCUT2D eigenvalue weighted by molar-refractivity contribution is 5.99. The van der Waals surface area contributed by atoms with Gasteiger partial charge < -0.3 is 26.2 Å². The average molecular weight is 421 g/mol. The highest BCUT2D eigenvalue weighted by Gasteiger charge is 2.27. The second-order valence-corrected chi connectivity index (χ2v) is 7.66. The van der Waals surface area contributed by atoms with E-state index in [0.717, 1.165) is 12.8 Å². The molecule has 0 spiro atoms. The number of carbonyl (C=O) groups excluding carboxylic acids is 1. The number of phenols is 1. The number of hydrogen-bond donors (Lipinski definition) is 5. The molecule has 8 nitrogen and oxygen atoms in total. The van der Waals surface area contributed by atoms with Crippen LogP contribution >= 0.6 is 0 Å². The van der Waals surface area contributed by atoms with E-state index in [4.69, 9.17) is 0 Å². The summed E-state index contributed by atoms with van der Waals surface area (Å²) in [5.74, 6) is -0.858. The second kappa shape index (κ2) is 8.61. The smallest absolute Gasteiger partial charge is 0.255 e. The van der Waals surface area contributed by atoms with Crippen molar-refractivity contribution in [2.75, 3.05) is 10.6 Å². The summed E-state index contributed by atoms with van der Waals surface area (Å²) in [6, 6.07) is 13.1. The SMILES string of the molecule is O=C(N[C@@H]1CCCC[C@H]1O)c1cccc(Nc2c(Nc3ccccc3)c(=O)c2=O)c1O. The van der Waals surface area contributed by atoms with E-state index in [0.29, 0.717) is 18.5 Å². The first-order valence-electron chi connectivity index (χ1n) is 10.2. The maximum Gasteiger partial charge on any atom is 0.255 e. The summed E-state index contributed by atoms with van der Waals surface area (Å²) in [6.07, 6.45) is 2.51. The molecule has 3 aromatic rings. The van der Waals surface area contributed by atoms with Crippen LogP contribution in [0, 0.1) is 0 Å². The van der Waals surface area contributed by atoms with Crippen LogP contribution in [0.4, 0.5) is 22.7 Å². The summed E-state index contributed by atoms with van der Waals surface area (Å²) < 4.78 is 0. The number of benzene rings is 2. The highest BCUT2D eigenvalue weighted by Crippen LogP contribution is 2.32. The van der Waals surface area contributed by atoms with Crippen LogP contribution in [0.25, 0.3) is 0 Å². The first-order valence-corrected chi connectivity index (χ1v) is 10.2. The average Bonchev–Trinajstić information content (AvgIpc) is 2.79. The Balaban J connectivity index is 1.54. The molecular formula is C23H23N3O5. The summed E-state index contributed by atoms with van der Waals surface area (Å²) in [4.78, 5) is 36.8. The molecule has 1 fully saturated rings. The summed E-state index contributed by atoms with van der Waals surface area (Å²) >= 11 is 0. The van der Waals surface area contributed by atoms with E-state index in [2.05, 4.69) is 16.0 Å². The van der Waals surface area contributed by atoms with Crippen LogP contribution < -0.4 is 26.8 Å². The van der Waals surface area contributed by atoms with Crippen molar-refractivity contribution in [2.24, 2.45) is 0 Å². The molecule has 2 atom stereocenters. The lowest BCUT2D eigenvalue weighted by atomic mass is 9.92. The van der Waals surface area contributed by atoms with Crippen LogP contribution in [0.1, 0.15) is 36.0 Å². The predicted molar refractivity (Wildman–Crippen MR) is 118 cm³/mol. The van der Waals surface area contributed by atoms with E-state index in [1.165, 1.54) is 12.1 Å². The van der Waals surface area contributed by atoms with Crippen molar-refractivity contribution in [1.29, 1.82) is 0 Å². The molecule has 1 saturated carbocycles. The van der Waals surface area contributed by atoms with Gasteiger partial charge in [0.2, 0.25) is 0 Å². The molecule has 0 radical (unpaired) electrons. The van der Waals surface area contributed by atoms with Gasteiger partial charge >= 0.3 is 0 Å². The number of rotatable bonds is 6. The molecule has 0 aromatic heterocycles. The Morgan fingerprint density at radius 3 is 2.26 bits per heavy atom. The number of amides is 1. The normalized spacial score (nSPS) is 18.5. The maximum absolute atomic E-state index is 12.7. The van der Waals surface area contributed by atoms with Crippen molar-refractivity contribution in [2.45, 2.75) is 37.8 Å². The number of phenolic OH excluding ortho intramolecular Hbond substituents is 1. The number of para-hydroxylation sites is 2. The third-order valence-electron chi connectivity index (χ3n) is 5.54. The highest BCUT2D eigenvalue weighted by atomic mass is 16.3. The minimum absolute atomic E-state index is 0.0130. The summed E-state index contributed by atoms with van der Waals surface area (Å²) in [5.41, 5.74) is -0.482. The topological polar surface area (TPSA) is 128 Å². The Kier molecular flexibility index (Phi) is 5.73. The molecule has 1 amide bonds. The Hall–Kier alpha value is -3.65. The quantitative estimate of drug-likeness (QED) is 0.306. The standard InChI is InChI=1S/C23H23N3O5/c27-17-12-5-4-10-15(17)26-23(31)14-9-6-11-16(20(14)28)25-19-18(21(29)22(19)30)24-13-7-2-1-3-8-13/h1-3,6-9,11,15,17,24-25,27-28H,4-5,10,12H2,(H,26,31)/t15-,17-/m1/s1. The third kappa shape index (κ3) is 4.15. The number of anilines is 4. The van der Waals surface area contributed by atoms with Gasteiger partial charge in [0.05, 0.1) is 23.4 Å². The van der Waals surface area contributed by atoms with E-state index >= 15 is 0 Å². The zero-order valence-electron chi connectivity index (χ0n) is 16.7. The lowest BCUT2D eigenvalue weighted by molar-refractivity contribution is 0.0715. The van der Waals surface area contributed by atoms with Crippen LogP contribution in [-0.2, 0) is 0 Å². The van der Waals surface area contributed by atoms with Crippen LogP contribution in [0.3, 0.4) is 0 Å². The van der Waals surface area contributed by atoms with Crippen molar-refractivity contribution in [3.05, 3.63) is 74.5 Å². The fraction of sp³-hybridized carbons (Fsp3) is 0.261. The predicted octanol–water partition coefficient (Wildman–Crippen LogP) is 2.51. The Morgan fingerprint density at radius 1 is 0.871 bits per heavy atom. The van der Waals surface area contributed by atoms with Crippen molar-refractivity contribution in [3.8, 4) is 5.75 Å². The van der Waals surface area contributed by atoms with Gasteiger partial charge in [0.15, 0.2) is 5.75 Å². The molecule has 5 N–H and O–H groups in total. The summed E-state index contributed by atoms with van der Waals surface area (Å²) in [6.45, 7) is 0. The van der Waals surface area contributed by atoms with Crippen molar-refractivity contribution >= 4 is 28.7 Å². The van der Waals surface area contributed by atoms with Crippen LogP contribution in [-0.4, -0.2) is 28.3 Å². The first kappa shape index (κ1) is 20.6. The van der Waals surface area contributed by atoms with Gasteiger partial charge in [-0.3, -0.25) is 14.4 Å². The minimum Gasteiger partial charge on any atom is -0.505 e. The van der Waals surface area contributed by atoms with Gasteiger partial charge in [-0.25, -0.2) is 0 Å².